The first kappa shape index (κ1) is 11.8. The van der Waals surface area contributed by atoms with Crippen LogP contribution in [-0.2, 0) is 15.0 Å². The Kier molecular flexibility index (Phi) is 2.97. The van der Waals surface area contributed by atoms with Crippen molar-refractivity contribution < 1.29 is 9.59 Å². The molecule has 0 heterocycles. The Balaban J connectivity index is 2.58. The molecular formula is C15H16O2. The first-order chi connectivity index (χ1) is 8.07. The standard InChI is InChI=1S/C15H16O2/c1-11(2)15(12-6-4-3-5-7-12)10-13(16)8-9-14(15)17/h3-9,11H,10H2,1-2H3. The van der Waals surface area contributed by atoms with Gasteiger partial charge in [0.2, 0.25) is 0 Å². The van der Waals surface area contributed by atoms with Crippen LogP contribution in [0.2, 0.25) is 0 Å². The predicted molar refractivity (Wildman–Crippen MR) is 66.7 cm³/mol. The second-order valence-corrected chi connectivity index (χ2v) is 4.83. The van der Waals surface area contributed by atoms with E-state index in [1.54, 1.807) is 0 Å². The minimum absolute atomic E-state index is 0.0298. The molecule has 1 aromatic carbocycles. The van der Waals surface area contributed by atoms with E-state index < -0.39 is 5.41 Å². The van der Waals surface area contributed by atoms with Crippen molar-refractivity contribution in [2.45, 2.75) is 25.7 Å². The fourth-order valence-corrected chi connectivity index (χ4v) is 2.54. The van der Waals surface area contributed by atoms with E-state index in [2.05, 4.69) is 0 Å². The zero-order valence-corrected chi connectivity index (χ0v) is 10.1. The first-order valence-electron chi connectivity index (χ1n) is 5.88. The van der Waals surface area contributed by atoms with Crippen LogP contribution in [-0.4, -0.2) is 11.6 Å². The lowest BCUT2D eigenvalue weighted by Crippen LogP contribution is -2.43. The molecule has 2 nitrogen and oxygen atoms in total. The normalized spacial score (nSPS) is 24.4. The Hall–Kier alpha value is -1.70. The second-order valence-electron chi connectivity index (χ2n) is 4.83. The van der Waals surface area contributed by atoms with Gasteiger partial charge in [-0.15, -0.1) is 0 Å². The van der Waals surface area contributed by atoms with Crippen LogP contribution in [0.15, 0.2) is 42.5 Å². The molecule has 0 radical (unpaired) electrons. The SMILES string of the molecule is CC(C)C1(c2ccccc2)CC(=O)C=CC1=O. The summed E-state index contributed by atoms with van der Waals surface area (Å²) in [6, 6.07) is 9.61. The largest absolute Gasteiger partial charge is 0.295 e. The van der Waals surface area contributed by atoms with Crippen molar-refractivity contribution >= 4 is 11.6 Å². The van der Waals surface area contributed by atoms with Gasteiger partial charge in [0.25, 0.3) is 0 Å². The third-order valence-electron chi connectivity index (χ3n) is 3.59. The lowest BCUT2D eigenvalue weighted by molar-refractivity contribution is -0.128. The zero-order chi connectivity index (χ0) is 12.5. The highest BCUT2D eigenvalue weighted by atomic mass is 16.1. The molecule has 1 aromatic rings. The summed E-state index contributed by atoms with van der Waals surface area (Å²) in [5.74, 6) is 0.173. The van der Waals surface area contributed by atoms with Crippen LogP contribution < -0.4 is 0 Å². The van der Waals surface area contributed by atoms with Gasteiger partial charge in [0.15, 0.2) is 11.6 Å². The molecule has 0 saturated carbocycles. The van der Waals surface area contributed by atoms with E-state index in [0.717, 1.165) is 5.56 Å². The zero-order valence-electron chi connectivity index (χ0n) is 10.1. The van der Waals surface area contributed by atoms with Crippen molar-refractivity contribution in [3.8, 4) is 0 Å². The van der Waals surface area contributed by atoms with Gasteiger partial charge in [-0.25, -0.2) is 0 Å². The van der Waals surface area contributed by atoms with Crippen molar-refractivity contribution in [3.63, 3.8) is 0 Å². The van der Waals surface area contributed by atoms with Gasteiger partial charge in [-0.05, 0) is 23.6 Å². The van der Waals surface area contributed by atoms with Gasteiger partial charge in [0.1, 0.15) is 0 Å². The van der Waals surface area contributed by atoms with Gasteiger partial charge >= 0.3 is 0 Å². The topological polar surface area (TPSA) is 34.1 Å². The van der Waals surface area contributed by atoms with E-state index in [1.807, 2.05) is 44.2 Å². The van der Waals surface area contributed by atoms with E-state index in [1.165, 1.54) is 12.2 Å². The van der Waals surface area contributed by atoms with Gasteiger partial charge in [-0.1, -0.05) is 44.2 Å². The number of allylic oxidation sites excluding steroid dienone is 2. The van der Waals surface area contributed by atoms with Crippen molar-refractivity contribution in [3.05, 3.63) is 48.0 Å². The number of ketones is 2. The predicted octanol–water partition coefficient (Wildman–Crippen LogP) is 2.68. The van der Waals surface area contributed by atoms with Gasteiger partial charge in [0, 0.05) is 6.42 Å². The van der Waals surface area contributed by atoms with Crippen LogP contribution in [0.3, 0.4) is 0 Å². The van der Waals surface area contributed by atoms with E-state index in [-0.39, 0.29) is 23.9 Å². The molecule has 0 aliphatic heterocycles. The molecule has 0 aromatic heterocycles. The van der Waals surface area contributed by atoms with E-state index in [0.29, 0.717) is 0 Å². The highest BCUT2D eigenvalue weighted by Gasteiger charge is 2.44. The van der Waals surface area contributed by atoms with Crippen molar-refractivity contribution in [1.82, 2.24) is 0 Å². The summed E-state index contributed by atoms with van der Waals surface area (Å²) in [5.41, 5.74) is 0.269. The van der Waals surface area contributed by atoms with Crippen LogP contribution in [0.25, 0.3) is 0 Å². The van der Waals surface area contributed by atoms with Crippen LogP contribution in [0.1, 0.15) is 25.8 Å². The minimum atomic E-state index is -0.674. The number of carbonyl (C=O) groups is 2. The molecule has 88 valence electrons. The van der Waals surface area contributed by atoms with Crippen molar-refractivity contribution in [2.24, 2.45) is 5.92 Å². The summed E-state index contributed by atoms with van der Waals surface area (Å²) in [7, 11) is 0. The Morgan fingerprint density at radius 1 is 1.06 bits per heavy atom. The van der Waals surface area contributed by atoms with Gasteiger partial charge < -0.3 is 0 Å². The summed E-state index contributed by atoms with van der Waals surface area (Å²) in [5, 5.41) is 0. The van der Waals surface area contributed by atoms with Crippen molar-refractivity contribution in [2.75, 3.05) is 0 Å². The second kappa shape index (κ2) is 4.28. The molecule has 0 fully saturated rings. The monoisotopic (exact) mass is 228 g/mol. The number of carbonyl (C=O) groups excluding carboxylic acids is 2. The first-order valence-corrected chi connectivity index (χ1v) is 5.88. The number of hydrogen-bond donors (Lipinski definition) is 0. The highest BCUT2D eigenvalue weighted by molar-refractivity contribution is 6.11. The minimum Gasteiger partial charge on any atom is -0.295 e. The van der Waals surface area contributed by atoms with Crippen molar-refractivity contribution in [1.29, 1.82) is 0 Å². The van der Waals surface area contributed by atoms with Crippen LogP contribution in [0, 0.1) is 5.92 Å². The quantitative estimate of drug-likeness (QED) is 0.780. The lowest BCUT2D eigenvalue weighted by Gasteiger charge is -2.36. The molecule has 0 bridgehead atoms. The van der Waals surface area contributed by atoms with Crippen LogP contribution in [0.4, 0.5) is 0 Å². The Labute approximate surface area is 101 Å². The third kappa shape index (κ3) is 1.84. The van der Waals surface area contributed by atoms with E-state index >= 15 is 0 Å². The average molecular weight is 228 g/mol. The molecular weight excluding hydrogens is 212 g/mol. The molecule has 0 spiro atoms. The molecule has 1 aliphatic rings. The van der Waals surface area contributed by atoms with E-state index in [4.69, 9.17) is 0 Å². The Morgan fingerprint density at radius 3 is 2.29 bits per heavy atom. The number of rotatable bonds is 2. The van der Waals surface area contributed by atoms with Gasteiger partial charge in [-0.3, -0.25) is 9.59 Å². The summed E-state index contributed by atoms with van der Waals surface area (Å²) in [6.45, 7) is 3.99. The molecule has 0 amide bonds. The smallest absolute Gasteiger partial charge is 0.167 e. The molecule has 1 atom stereocenters. The molecule has 2 heteroatoms. The van der Waals surface area contributed by atoms with Crippen LogP contribution in [0.5, 0.6) is 0 Å². The fourth-order valence-electron chi connectivity index (χ4n) is 2.54. The molecule has 0 N–H and O–H groups in total. The maximum Gasteiger partial charge on any atom is 0.167 e. The molecule has 17 heavy (non-hydrogen) atoms. The third-order valence-corrected chi connectivity index (χ3v) is 3.59. The number of hydrogen-bond acceptors (Lipinski definition) is 2. The maximum absolute atomic E-state index is 12.3. The average Bonchev–Trinajstić information content (AvgIpc) is 2.33. The molecule has 0 saturated heterocycles. The molecule has 1 aliphatic carbocycles. The summed E-state index contributed by atoms with van der Waals surface area (Å²) in [4.78, 5) is 23.9. The Bertz CT molecular complexity index is 471. The number of benzene rings is 1. The highest BCUT2D eigenvalue weighted by Crippen LogP contribution is 2.39. The molecule has 1 unspecified atom stereocenters. The lowest BCUT2D eigenvalue weighted by atomic mass is 9.64. The van der Waals surface area contributed by atoms with Gasteiger partial charge in [0.05, 0.1) is 5.41 Å². The summed E-state index contributed by atoms with van der Waals surface area (Å²) >= 11 is 0. The summed E-state index contributed by atoms with van der Waals surface area (Å²) < 4.78 is 0. The van der Waals surface area contributed by atoms with E-state index in [9.17, 15) is 9.59 Å². The van der Waals surface area contributed by atoms with Gasteiger partial charge in [-0.2, -0.15) is 0 Å². The van der Waals surface area contributed by atoms with Crippen LogP contribution >= 0.6 is 0 Å². The Morgan fingerprint density at radius 2 is 1.71 bits per heavy atom. The molecule has 2 rings (SSSR count). The fraction of sp³-hybridized carbons (Fsp3) is 0.333. The summed E-state index contributed by atoms with van der Waals surface area (Å²) in [6.07, 6.45) is 3.11. The maximum atomic E-state index is 12.3.